The summed E-state index contributed by atoms with van der Waals surface area (Å²) in [5, 5.41) is 0. The first-order chi connectivity index (χ1) is 16.7. The first-order valence-electron chi connectivity index (χ1n) is 11.7. The largest absolute Gasteiger partial charge is 0.497 e. The van der Waals surface area contributed by atoms with Crippen LogP contribution in [0.1, 0.15) is 47.2 Å². The maximum absolute atomic E-state index is 13.5. The summed E-state index contributed by atoms with van der Waals surface area (Å²) in [5.74, 6) is 3.09. The van der Waals surface area contributed by atoms with Gasteiger partial charge in [0.15, 0.2) is 11.5 Å². The quantitative estimate of drug-likeness (QED) is 0.440. The van der Waals surface area contributed by atoms with Gasteiger partial charge >= 0.3 is 0 Å². The molecular weight excluding hydrogens is 430 g/mol. The lowest BCUT2D eigenvalue weighted by Gasteiger charge is -2.29. The number of rotatable bonds is 8. The number of benzene rings is 3. The van der Waals surface area contributed by atoms with E-state index < -0.39 is 0 Å². The van der Waals surface area contributed by atoms with Gasteiger partial charge in [-0.2, -0.15) is 0 Å². The highest BCUT2D eigenvalue weighted by molar-refractivity contribution is 5.94. The lowest BCUT2D eigenvalue weighted by atomic mass is 10.1. The fraction of sp³-hybridized carbons (Fsp3) is 0.321. The normalized spacial score (nSPS) is 14.7. The van der Waals surface area contributed by atoms with E-state index >= 15 is 0 Å². The zero-order valence-corrected chi connectivity index (χ0v) is 19.4. The van der Waals surface area contributed by atoms with E-state index in [1.54, 1.807) is 7.11 Å². The standard InChI is InChI=1S/C28H29NO5/c1-31-24-12-10-22(11-13-24)28(30)29(23-6-2-3-7-23)17-20-5-4-8-25(15-20)32-18-21-9-14-26-27(16-21)34-19-33-26/h4-5,8-16,23H,2-3,6-7,17-19H2,1H3. The molecule has 176 valence electrons. The van der Waals surface area contributed by atoms with Crippen molar-refractivity contribution in [3.63, 3.8) is 0 Å². The van der Waals surface area contributed by atoms with Crippen LogP contribution in [0, 0.1) is 0 Å². The molecule has 3 aromatic carbocycles. The first-order valence-corrected chi connectivity index (χ1v) is 11.7. The average molecular weight is 460 g/mol. The second-order valence-electron chi connectivity index (χ2n) is 8.72. The second-order valence-corrected chi connectivity index (χ2v) is 8.72. The molecule has 1 saturated carbocycles. The molecule has 6 nitrogen and oxygen atoms in total. The minimum Gasteiger partial charge on any atom is -0.497 e. The summed E-state index contributed by atoms with van der Waals surface area (Å²) in [5.41, 5.74) is 2.75. The summed E-state index contributed by atoms with van der Waals surface area (Å²) in [6, 6.07) is 21.4. The van der Waals surface area contributed by atoms with Crippen LogP contribution in [0.5, 0.6) is 23.0 Å². The Morgan fingerprint density at radius 3 is 2.50 bits per heavy atom. The van der Waals surface area contributed by atoms with Gasteiger partial charge in [-0.25, -0.2) is 0 Å². The summed E-state index contributed by atoms with van der Waals surface area (Å²) >= 11 is 0. The molecule has 0 N–H and O–H groups in total. The number of ether oxygens (including phenoxy) is 4. The summed E-state index contributed by atoms with van der Waals surface area (Å²) in [7, 11) is 1.63. The third-order valence-corrected chi connectivity index (χ3v) is 6.46. The first kappa shape index (κ1) is 22.1. The Balaban J connectivity index is 1.29. The summed E-state index contributed by atoms with van der Waals surface area (Å²) in [6.07, 6.45) is 4.41. The molecule has 0 saturated heterocycles. The van der Waals surface area contributed by atoms with Crippen molar-refractivity contribution in [2.24, 2.45) is 0 Å². The fourth-order valence-corrected chi connectivity index (χ4v) is 4.61. The maximum atomic E-state index is 13.5. The molecule has 2 aliphatic rings. The van der Waals surface area contributed by atoms with Gasteiger partial charge in [-0.1, -0.05) is 31.0 Å². The van der Waals surface area contributed by atoms with E-state index in [9.17, 15) is 4.79 Å². The zero-order valence-electron chi connectivity index (χ0n) is 19.4. The van der Waals surface area contributed by atoms with Crippen LogP contribution in [0.4, 0.5) is 0 Å². The van der Waals surface area contributed by atoms with E-state index in [2.05, 4.69) is 6.07 Å². The lowest BCUT2D eigenvalue weighted by molar-refractivity contribution is 0.0664. The van der Waals surface area contributed by atoms with Crippen molar-refractivity contribution in [1.82, 2.24) is 4.90 Å². The van der Waals surface area contributed by atoms with Crippen molar-refractivity contribution >= 4 is 5.91 Å². The highest BCUT2D eigenvalue weighted by atomic mass is 16.7. The van der Waals surface area contributed by atoms with Crippen LogP contribution < -0.4 is 18.9 Å². The molecule has 0 unspecified atom stereocenters. The minimum absolute atomic E-state index is 0.0567. The number of fused-ring (bicyclic) bond motifs is 1. The van der Waals surface area contributed by atoms with Crippen molar-refractivity contribution in [3.05, 3.63) is 83.4 Å². The van der Waals surface area contributed by atoms with Gasteiger partial charge < -0.3 is 23.8 Å². The van der Waals surface area contributed by atoms with Gasteiger partial charge in [0.1, 0.15) is 18.1 Å². The smallest absolute Gasteiger partial charge is 0.254 e. The molecule has 1 aliphatic heterocycles. The van der Waals surface area contributed by atoms with Crippen LogP contribution in [-0.2, 0) is 13.2 Å². The number of nitrogens with zero attached hydrogens (tertiary/aromatic N) is 1. The molecule has 0 bridgehead atoms. The zero-order chi connectivity index (χ0) is 23.3. The monoisotopic (exact) mass is 459 g/mol. The van der Waals surface area contributed by atoms with Gasteiger partial charge in [-0.3, -0.25) is 4.79 Å². The number of hydrogen-bond donors (Lipinski definition) is 0. The van der Waals surface area contributed by atoms with E-state index in [1.165, 1.54) is 0 Å². The summed E-state index contributed by atoms with van der Waals surface area (Å²) in [4.78, 5) is 15.5. The van der Waals surface area contributed by atoms with Crippen molar-refractivity contribution < 1.29 is 23.7 Å². The Labute approximate surface area is 200 Å². The van der Waals surface area contributed by atoms with E-state index in [4.69, 9.17) is 18.9 Å². The molecule has 1 fully saturated rings. The molecule has 0 radical (unpaired) electrons. The number of carbonyl (C=O) groups is 1. The van der Waals surface area contributed by atoms with Gasteiger partial charge in [0.2, 0.25) is 6.79 Å². The predicted octanol–water partition coefficient (Wildman–Crippen LogP) is 5.59. The number of hydrogen-bond acceptors (Lipinski definition) is 5. The Bertz CT molecular complexity index is 1140. The molecular formula is C28H29NO5. The Morgan fingerprint density at radius 2 is 1.71 bits per heavy atom. The predicted molar refractivity (Wildman–Crippen MR) is 128 cm³/mol. The van der Waals surface area contributed by atoms with Crippen molar-refractivity contribution in [2.75, 3.05) is 13.9 Å². The number of methoxy groups -OCH3 is 1. The average Bonchev–Trinajstić information content (AvgIpc) is 3.58. The summed E-state index contributed by atoms with van der Waals surface area (Å²) < 4.78 is 22.1. The van der Waals surface area contributed by atoms with Crippen LogP contribution in [-0.4, -0.2) is 30.8 Å². The molecule has 0 spiro atoms. The van der Waals surface area contributed by atoms with E-state index in [0.717, 1.165) is 59.8 Å². The number of carbonyl (C=O) groups excluding carboxylic acids is 1. The van der Waals surface area contributed by atoms with Crippen LogP contribution in [0.2, 0.25) is 0 Å². The minimum atomic E-state index is 0.0567. The van der Waals surface area contributed by atoms with Crippen molar-refractivity contribution in [1.29, 1.82) is 0 Å². The maximum Gasteiger partial charge on any atom is 0.254 e. The summed E-state index contributed by atoms with van der Waals surface area (Å²) in [6.45, 7) is 1.24. The van der Waals surface area contributed by atoms with Crippen molar-refractivity contribution in [3.8, 4) is 23.0 Å². The van der Waals surface area contributed by atoms with Gasteiger partial charge in [-0.05, 0) is 72.5 Å². The molecule has 34 heavy (non-hydrogen) atoms. The van der Waals surface area contributed by atoms with Gasteiger partial charge in [0.25, 0.3) is 5.91 Å². The van der Waals surface area contributed by atoms with Crippen LogP contribution in [0.25, 0.3) is 0 Å². The molecule has 1 amide bonds. The van der Waals surface area contributed by atoms with E-state index in [0.29, 0.717) is 18.7 Å². The van der Waals surface area contributed by atoms with Gasteiger partial charge in [0, 0.05) is 18.2 Å². The Morgan fingerprint density at radius 1 is 0.912 bits per heavy atom. The van der Waals surface area contributed by atoms with Crippen LogP contribution >= 0.6 is 0 Å². The van der Waals surface area contributed by atoms with Crippen LogP contribution in [0.3, 0.4) is 0 Å². The third kappa shape index (κ3) is 4.96. The molecule has 3 aromatic rings. The third-order valence-electron chi connectivity index (χ3n) is 6.46. The van der Waals surface area contributed by atoms with E-state index in [1.807, 2.05) is 65.6 Å². The molecule has 5 rings (SSSR count). The van der Waals surface area contributed by atoms with Crippen LogP contribution in [0.15, 0.2) is 66.7 Å². The Kier molecular flexibility index (Phi) is 6.56. The highest BCUT2D eigenvalue weighted by Crippen LogP contribution is 2.33. The molecule has 1 aliphatic carbocycles. The van der Waals surface area contributed by atoms with Gasteiger partial charge in [-0.15, -0.1) is 0 Å². The molecule has 6 heteroatoms. The second kappa shape index (κ2) is 10.1. The van der Waals surface area contributed by atoms with Gasteiger partial charge in [0.05, 0.1) is 7.11 Å². The SMILES string of the molecule is COc1ccc(C(=O)N(Cc2cccc(OCc3ccc4c(c3)OCO4)c2)C2CCCC2)cc1. The molecule has 1 heterocycles. The number of amides is 1. The molecule has 0 atom stereocenters. The lowest BCUT2D eigenvalue weighted by Crippen LogP contribution is -2.38. The van der Waals surface area contributed by atoms with E-state index in [-0.39, 0.29) is 18.7 Å². The highest BCUT2D eigenvalue weighted by Gasteiger charge is 2.27. The fourth-order valence-electron chi connectivity index (χ4n) is 4.61. The van der Waals surface area contributed by atoms with Crippen molar-refractivity contribution in [2.45, 2.75) is 44.9 Å². The molecule has 0 aromatic heterocycles. The topological polar surface area (TPSA) is 57.2 Å². The Hall–Kier alpha value is -3.67.